The molecule has 0 aromatic rings. The molecule has 2 rings (SSSR count). The van der Waals surface area contributed by atoms with E-state index in [0.29, 0.717) is 13.0 Å². The van der Waals surface area contributed by atoms with Crippen molar-refractivity contribution in [1.82, 2.24) is 0 Å². The third-order valence-electron chi connectivity index (χ3n) is 10.8. The summed E-state index contributed by atoms with van der Waals surface area (Å²) in [5, 5.41) is 71.8. The number of esters is 1. The predicted octanol–water partition coefficient (Wildman–Crippen LogP) is 4.73. The van der Waals surface area contributed by atoms with Crippen molar-refractivity contribution in [2.24, 2.45) is 0 Å². The molecule has 2 saturated heterocycles. The zero-order valence-electron chi connectivity index (χ0n) is 35.1. The van der Waals surface area contributed by atoms with Gasteiger partial charge < -0.3 is 64.2 Å². The molecule has 14 nitrogen and oxygen atoms in total. The van der Waals surface area contributed by atoms with E-state index in [9.17, 15) is 40.5 Å². The van der Waals surface area contributed by atoms with Crippen LogP contribution in [0.2, 0.25) is 0 Å². The van der Waals surface area contributed by atoms with Crippen LogP contribution in [0.15, 0.2) is 12.2 Å². The molecule has 0 aromatic heterocycles. The Hall–Kier alpha value is -1.27. The van der Waals surface area contributed by atoms with Crippen LogP contribution in [-0.4, -0.2) is 142 Å². The molecule has 2 aliphatic heterocycles. The van der Waals surface area contributed by atoms with Gasteiger partial charge in [-0.1, -0.05) is 129 Å². The normalized spacial score (nSPS) is 28.6. The fourth-order valence-corrected chi connectivity index (χ4v) is 7.03. The number of rotatable bonds is 34. The first-order valence-electron chi connectivity index (χ1n) is 22.3. The van der Waals surface area contributed by atoms with Crippen molar-refractivity contribution in [2.75, 3.05) is 33.0 Å². The first-order chi connectivity index (χ1) is 27.6. The summed E-state index contributed by atoms with van der Waals surface area (Å²) in [6.45, 7) is 3.62. The lowest BCUT2D eigenvalue weighted by Gasteiger charge is -2.42. The summed E-state index contributed by atoms with van der Waals surface area (Å²) in [6.07, 6.45) is 12.8. The smallest absolute Gasteiger partial charge is 0.306 e. The van der Waals surface area contributed by atoms with Crippen LogP contribution in [0.25, 0.3) is 0 Å². The number of carbonyl (C=O) groups excluding carboxylic acids is 1. The average Bonchev–Trinajstić information content (AvgIpc) is 3.20. The van der Waals surface area contributed by atoms with Crippen molar-refractivity contribution in [3.05, 3.63) is 12.2 Å². The molecule has 0 saturated carbocycles. The van der Waals surface area contributed by atoms with Crippen LogP contribution in [0.5, 0.6) is 0 Å². The van der Waals surface area contributed by atoms with Crippen LogP contribution in [0.4, 0.5) is 0 Å². The van der Waals surface area contributed by atoms with Gasteiger partial charge in [0.2, 0.25) is 0 Å². The van der Waals surface area contributed by atoms with Crippen LogP contribution < -0.4 is 0 Å². The molecule has 0 radical (unpaired) electrons. The highest BCUT2D eigenvalue weighted by molar-refractivity contribution is 5.69. The van der Waals surface area contributed by atoms with Gasteiger partial charge in [0.15, 0.2) is 12.6 Å². The van der Waals surface area contributed by atoms with Crippen LogP contribution >= 0.6 is 0 Å². The van der Waals surface area contributed by atoms with Gasteiger partial charge in [0.05, 0.1) is 26.4 Å². The zero-order chi connectivity index (χ0) is 41.7. The minimum Gasteiger partial charge on any atom is -0.457 e. The summed E-state index contributed by atoms with van der Waals surface area (Å²) >= 11 is 0. The summed E-state index contributed by atoms with van der Waals surface area (Å²) in [5.74, 6) is -0.380. The summed E-state index contributed by atoms with van der Waals surface area (Å²) in [4.78, 5) is 12.9. The second-order valence-corrected chi connectivity index (χ2v) is 15.9. The largest absolute Gasteiger partial charge is 0.457 e. The lowest BCUT2D eigenvalue weighted by Crippen LogP contribution is -2.61. The van der Waals surface area contributed by atoms with Crippen molar-refractivity contribution < 1.29 is 69.0 Å². The Balaban J connectivity index is 1.83. The number of allylic oxidation sites excluding steroid dienone is 2. The third-order valence-corrected chi connectivity index (χ3v) is 10.8. The van der Waals surface area contributed by atoms with Crippen molar-refractivity contribution in [3.63, 3.8) is 0 Å². The third kappa shape index (κ3) is 21.7. The van der Waals surface area contributed by atoms with Crippen molar-refractivity contribution in [3.8, 4) is 0 Å². The molecular weight excluding hydrogens is 740 g/mol. The number of carbonyl (C=O) groups is 1. The molecule has 57 heavy (non-hydrogen) atoms. The molecule has 2 aliphatic rings. The minimum atomic E-state index is -1.70. The van der Waals surface area contributed by atoms with E-state index in [1.807, 2.05) is 0 Å². The lowest BCUT2D eigenvalue weighted by molar-refractivity contribution is -0.332. The van der Waals surface area contributed by atoms with Crippen LogP contribution in [0.1, 0.15) is 155 Å². The maximum absolute atomic E-state index is 12.9. The van der Waals surface area contributed by atoms with E-state index >= 15 is 0 Å². The van der Waals surface area contributed by atoms with Gasteiger partial charge in [0.1, 0.15) is 54.9 Å². The molecule has 2 heterocycles. The molecule has 2 fully saturated rings. The number of hydrogen-bond donors (Lipinski definition) is 7. The van der Waals surface area contributed by atoms with E-state index in [4.69, 9.17) is 28.4 Å². The van der Waals surface area contributed by atoms with Gasteiger partial charge in [-0.3, -0.25) is 4.79 Å². The molecule has 336 valence electrons. The Morgan fingerprint density at radius 1 is 0.561 bits per heavy atom. The highest BCUT2D eigenvalue weighted by Gasteiger charge is 2.47. The number of ether oxygens (including phenoxy) is 6. The Bertz CT molecular complexity index is 1000. The molecule has 0 bridgehead atoms. The topological polar surface area (TPSA) is 214 Å². The highest BCUT2D eigenvalue weighted by Crippen LogP contribution is 2.26. The van der Waals surface area contributed by atoms with Gasteiger partial charge in [0, 0.05) is 13.0 Å². The van der Waals surface area contributed by atoms with Crippen molar-refractivity contribution in [2.45, 2.75) is 223 Å². The molecule has 0 aliphatic carbocycles. The molecule has 0 amide bonds. The van der Waals surface area contributed by atoms with E-state index in [1.165, 1.54) is 83.5 Å². The first kappa shape index (κ1) is 51.9. The number of hydrogen-bond acceptors (Lipinski definition) is 14. The van der Waals surface area contributed by atoms with Gasteiger partial charge in [-0.05, 0) is 32.1 Å². The lowest BCUT2D eigenvalue weighted by atomic mass is 9.98. The summed E-state index contributed by atoms with van der Waals surface area (Å²) in [7, 11) is 0. The molecule has 0 aromatic carbocycles. The quantitative estimate of drug-likeness (QED) is 0.0266. The van der Waals surface area contributed by atoms with E-state index < -0.39 is 80.7 Å². The molecule has 14 heteroatoms. The van der Waals surface area contributed by atoms with Gasteiger partial charge in [-0.15, -0.1) is 0 Å². The SMILES string of the molecule is CCCC/C=C\CCCCCCCCOCC(COC1OC(COC2OC(CO)C(O)C(O)C2O)C(O)C(O)C1O)OC(=O)CCCCCCCCCCCCC. The fraction of sp³-hybridized carbons (Fsp3) is 0.930. The van der Waals surface area contributed by atoms with Crippen molar-refractivity contribution in [1.29, 1.82) is 0 Å². The monoisotopic (exact) mass is 821 g/mol. The number of aliphatic hydroxyl groups excluding tert-OH is 7. The second-order valence-electron chi connectivity index (χ2n) is 15.9. The minimum absolute atomic E-state index is 0.0615. The maximum Gasteiger partial charge on any atom is 0.306 e. The van der Waals surface area contributed by atoms with Gasteiger partial charge >= 0.3 is 5.97 Å². The average molecular weight is 821 g/mol. The Morgan fingerprint density at radius 2 is 1.05 bits per heavy atom. The second kappa shape index (κ2) is 32.5. The van der Waals surface area contributed by atoms with E-state index in [-0.39, 0.29) is 25.6 Å². The summed E-state index contributed by atoms with van der Waals surface area (Å²) < 4.78 is 34.1. The van der Waals surface area contributed by atoms with Crippen LogP contribution in [0.3, 0.4) is 0 Å². The molecule has 11 atom stereocenters. The molecule has 11 unspecified atom stereocenters. The Labute approximate surface area is 342 Å². The van der Waals surface area contributed by atoms with Gasteiger partial charge in [-0.2, -0.15) is 0 Å². The number of aliphatic hydroxyl groups is 7. The Kier molecular flexibility index (Phi) is 29.6. The Morgan fingerprint density at radius 3 is 1.65 bits per heavy atom. The summed E-state index contributed by atoms with van der Waals surface area (Å²) in [6, 6.07) is 0. The van der Waals surface area contributed by atoms with E-state index in [0.717, 1.165) is 44.9 Å². The number of unbranched alkanes of at least 4 members (excludes halogenated alkanes) is 18. The van der Waals surface area contributed by atoms with Gasteiger partial charge in [0.25, 0.3) is 0 Å². The van der Waals surface area contributed by atoms with E-state index in [2.05, 4.69) is 26.0 Å². The van der Waals surface area contributed by atoms with Crippen LogP contribution in [0, 0.1) is 0 Å². The van der Waals surface area contributed by atoms with E-state index in [1.54, 1.807) is 0 Å². The summed E-state index contributed by atoms with van der Waals surface area (Å²) in [5.41, 5.74) is 0. The fourth-order valence-electron chi connectivity index (χ4n) is 7.03. The molecule has 7 N–H and O–H groups in total. The zero-order valence-corrected chi connectivity index (χ0v) is 35.1. The van der Waals surface area contributed by atoms with Crippen LogP contribution in [-0.2, 0) is 33.2 Å². The van der Waals surface area contributed by atoms with Crippen molar-refractivity contribution >= 4 is 5.97 Å². The highest BCUT2D eigenvalue weighted by atomic mass is 16.7. The molecule has 0 spiro atoms. The standard InChI is InChI=1S/C43H80O14/c1-3-5-7-9-11-13-15-17-19-21-23-25-27-52-29-32(55-35(45)26-24-22-20-18-16-14-12-10-8-6-4-2)30-53-42-41(51)39(49)37(47)34(57-42)31-54-43-40(50)38(48)36(46)33(28-44)56-43/h9,11,32-34,36-44,46-51H,3-8,10,12-31H2,1-2H3/b11-9-. The predicted molar refractivity (Wildman–Crippen MR) is 215 cm³/mol. The maximum atomic E-state index is 12.9. The van der Waals surface area contributed by atoms with Gasteiger partial charge in [-0.25, -0.2) is 0 Å². The first-order valence-corrected chi connectivity index (χ1v) is 22.3. The molecular formula is C43H80O14.